The number of rotatable bonds is 0. The fourth-order valence-corrected chi connectivity index (χ4v) is 7.49. The molecular weight excluding hydrogens is 569 g/mol. The van der Waals surface area contributed by atoms with E-state index in [0.717, 1.165) is 8.95 Å². The van der Waals surface area contributed by atoms with Crippen LogP contribution in [0.1, 0.15) is 0 Å². The fraction of sp³-hybridized carbons (Fsp3) is 0. The van der Waals surface area contributed by atoms with Crippen LogP contribution in [0.2, 0.25) is 0 Å². The van der Waals surface area contributed by atoms with Crippen LogP contribution in [0.3, 0.4) is 0 Å². The first kappa shape index (κ1) is 20.8. The first-order valence-corrected chi connectivity index (χ1v) is 13.7. The Morgan fingerprint density at radius 3 is 1.31 bits per heavy atom. The summed E-state index contributed by atoms with van der Waals surface area (Å²) in [5.41, 5.74) is 10.4. The number of benzene rings is 6. The van der Waals surface area contributed by atoms with Crippen molar-refractivity contribution in [3.63, 3.8) is 0 Å². The molecule has 4 heteroatoms. The fourth-order valence-electron chi connectivity index (χ4n) is 6.34. The lowest BCUT2D eigenvalue weighted by molar-refractivity contribution is 1.38. The molecular formula is C32H18BBr2N. The second-order valence-electron chi connectivity index (χ2n) is 9.55. The van der Waals surface area contributed by atoms with Gasteiger partial charge in [-0.2, -0.15) is 0 Å². The number of hydrogen-bond donors (Lipinski definition) is 0. The van der Waals surface area contributed by atoms with Crippen molar-refractivity contribution in [3.05, 3.63) is 118 Å². The molecule has 0 aliphatic carbocycles. The molecule has 0 aromatic heterocycles. The van der Waals surface area contributed by atoms with Crippen LogP contribution in [0, 0.1) is 0 Å². The quantitative estimate of drug-likeness (QED) is 0.161. The molecule has 0 unspecified atom stereocenters. The molecule has 2 aliphatic rings. The van der Waals surface area contributed by atoms with Crippen LogP contribution in [-0.2, 0) is 0 Å². The first-order chi connectivity index (χ1) is 17.7. The zero-order valence-corrected chi connectivity index (χ0v) is 22.3. The largest absolute Gasteiger partial charge is 0.375 e. The van der Waals surface area contributed by atoms with Crippen LogP contribution in [-0.4, -0.2) is 6.85 Å². The standard InChI is InChI=1S/C32H18BBr2N/c34-29-17-25-19-9-5-7-15-27(19)33-28-16-8-6-10-20(28)26-18-30(35)22-12-2-4-14-24(22)32(26)36(33)31(25)23-13-3-1-11-21(23)29/h1-18H. The van der Waals surface area contributed by atoms with Crippen molar-refractivity contribution in [3.8, 4) is 22.3 Å². The Bertz CT molecular complexity index is 1760. The van der Waals surface area contributed by atoms with Gasteiger partial charge in [0, 0.05) is 42.2 Å². The Morgan fingerprint density at radius 1 is 0.444 bits per heavy atom. The molecule has 1 nitrogen and oxygen atoms in total. The number of hydrogen-bond acceptors (Lipinski definition) is 1. The summed E-state index contributed by atoms with van der Waals surface area (Å²) in [6.45, 7) is 0.0894. The number of nitrogens with zero attached hydrogens (tertiary/aromatic N) is 1. The monoisotopic (exact) mass is 585 g/mol. The molecule has 2 heterocycles. The van der Waals surface area contributed by atoms with Crippen molar-refractivity contribution in [1.29, 1.82) is 0 Å². The molecule has 36 heavy (non-hydrogen) atoms. The van der Waals surface area contributed by atoms with E-state index in [-0.39, 0.29) is 6.85 Å². The molecule has 6 aromatic rings. The summed E-state index contributed by atoms with van der Waals surface area (Å²) in [6.07, 6.45) is 0. The molecule has 0 N–H and O–H groups in total. The Hall–Kier alpha value is -3.34. The predicted molar refractivity (Wildman–Crippen MR) is 161 cm³/mol. The number of anilines is 2. The molecule has 0 amide bonds. The van der Waals surface area contributed by atoms with Gasteiger partial charge in [-0.3, -0.25) is 0 Å². The Labute approximate surface area is 226 Å². The molecule has 0 saturated carbocycles. The van der Waals surface area contributed by atoms with E-state index in [1.165, 1.54) is 66.1 Å². The number of halogens is 2. The van der Waals surface area contributed by atoms with E-state index < -0.39 is 0 Å². The maximum Gasteiger partial charge on any atom is 0.329 e. The molecule has 2 aliphatic heterocycles. The van der Waals surface area contributed by atoms with Crippen molar-refractivity contribution in [2.45, 2.75) is 0 Å². The van der Waals surface area contributed by atoms with E-state index in [1.54, 1.807) is 0 Å². The van der Waals surface area contributed by atoms with Gasteiger partial charge in [-0.1, -0.05) is 129 Å². The molecule has 0 bridgehead atoms. The van der Waals surface area contributed by atoms with Crippen molar-refractivity contribution < 1.29 is 0 Å². The van der Waals surface area contributed by atoms with E-state index in [4.69, 9.17) is 0 Å². The van der Waals surface area contributed by atoms with Gasteiger partial charge in [0.1, 0.15) is 0 Å². The third kappa shape index (κ3) is 2.66. The van der Waals surface area contributed by atoms with Gasteiger partial charge in [-0.15, -0.1) is 0 Å². The van der Waals surface area contributed by atoms with E-state index >= 15 is 0 Å². The molecule has 0 saturated heterocycles. The van der Waals surface area contributed by atoms with Crippen LogP contribution >= 0.6 is 31.9 Å². The van der Waals surface area contributed by atoms with Gasteiger partial charge in [0.15, 0.2) is 0 Å². The first-order valence-electron chi connectivity index (χ1n) is 12.1. The van der Waals surface area contributed by atoms with Gasteiger partial charge in [-0.05, 0) is 45.0 Å². The van der Waals surface area contributed by atoms with Gasteiger partial charge in [0.2, 0.25) is 0 Å². The van der Waals surface area contributed by atoms with E-state index in [0.29, 0.717) is 0 Å². The van der Waals surface area contributed by atoms with Crippen LogP contribution in [0.5, 0.6) is 0 Å². The Kier molecular flexibility index (Phi) is 4.38. The van der Waals surface area contributed by atoms with Crippen LogP contribution in [0.15, 0.2) is 118 Å². The van der Waals surface area contributed by atoms with Crippen LogP contribution in [0.25, 0.3) is 43.8 Å². The third-order valence-electron chi connectivity index (χ3n) is 7.76. The molecule has 0 fully saturated rings. The lowest BCUT2D eigenvalue weighted by atomic mass is 9.43. The van der Waals surface area contributed by atoms with Crippen LogP contribution < -0.4 is 15.7 Å². The van der Waals surface area contributed by atoms with Crippen molar-refractivity contribution >= 4 is 82.6 Å². The highest BCUT2D eigenvalue weighted by Gasteiger charge is 2.43. The smallest absolute Gasteiger partial charge is 0.329 e. The topological polar surface area (TPSA) is 3.24 Å². The summed E-state index contributed by atoms with van der Waals surface area (Å²) >= 11 is 7.80. The SMILES string of the molecule is Brc1cc2c(c3ccccc13)N1B(c3ccccc3-2)c2ccccc2-c2cc(Br)c3ccccc3c21. The highest BCUT2D eigenvalue weighted by Crippen LogP contribution is 2.52. The maximum absolute atomic E-state index is 3.90. The average Bonchev–Trinajstić information content (AvgIpc) is 2.93. The third-order valence-corrected chi connectivity index (χ3v) is 9.07. The van der Waals surface area contributed by atoms with Gasteiger partial charge < -0.3 is 4.81 Å². The second kappa shape index (κ2) is 7.58. The average molecular weight is 587 g/mol. The highest BCUT2D eigenvalue weighted by atomic mass is 79.9. The van der Waals surface area contributed by atoms with E-state index in [1.807, 2.05) is 0 Å². The van der Waals surface area contributed by atoms with Crippen molar-refractivity contribution in [2.75, 3.05) is 4.81 Å². The summed E-state index contributed by atoms with van der Waals surface area (Å²) in [4.78, 5) is 2.62. The minimum atomic E-state index is 0.0894. The molecule has 6 aromatic carbocycles. The summed E-state index contributed by atoms with van der Waals surface area (Å²) in [7, 11) is 0. The Morgan fingerprint density at radius 2 is 0.833 bits per heavy atom. The zero-order valence-electron chi connectivity index (χ0n) is 19.2. The molecule has 168 valence electrons. The van der Waals surface area contributed by atoms with E-state index in [9.17, 15) is 0 Å². The van der Waals surface area contributed by atoms with Gasteiger partial charge >= 0.3 is 6.85 Å². The Balaban J connectivity index is 1.63. The van der Waals surface area contributed by atoms with Gasteiger partial charge in [0.25, 0.3) is 0 Å². The summed E-state index contributed by atoms with van der Waals surface area (Å²) in [5, 5.41) is 4.99. The molecule has 8 rings (SSSR count). The number of fused-ring (bicyclic) bond motifs is 15. The lowest BCUT2D eigenvalue weighted by Crippen LogP contribution is -2.59. The van der Waals surface area contributed by atoms with Gasteiger partial charge in [-0.25, -0.2) is 0 Å². The maximum atomic E-state index is 3.90. The second-order valence-corrected chi connectivity index (χ2v) is 11.3. The summed E-state index contributed by atoms with van der Waals surface area (Å²) < 4.78 is 2.26. The van der Waals surface area contributed by atoms with Crippen LogP contribution in [0.4, 0.5) is 11.4 Å². The molecule has 0 radical (unpaired) electrons. The van der Waals surface area contributed by atoms with Crippen molar-refractivity contribution in [2.24, 2.45) is 0 Å². The minimum absolute atomic E-state index is 0.0894. The summed E-state index contributed by atoms with van der Waals surface area (Å²) in [5.74, 6) is 0. The highest BCUT2D eigenvalue weighted by molar-refractivity contribution is 9.11. The normalized spacial score (nSPS) is 13.2. The van der Waals surface area contributed by atoms with Gasteiger partial charge in [0.05, 0.1) is 0 Å². The predicted octanol–water partition coefficient (Wildman–Crippen LogP) is 8.42. The summed E-state index contributed by atoms with van der Waals surface area (Å²) in [6, 6.07) is 40.0. The molecule has 0 atom stereocenters. The lowest BCUT2D eigenvalue weighted by Gasteiger charge is -2.44. The minimum Gasteiger partial charge on any atom is -0.375 e. The van der Waals surface area contributed by atoms with E-state index in [2.05, 4.69) is 146 Å². The zero-order chi connectivity index (χ0) is 24.0. The molecule has 0 spiro atoms. The van der Waals surface area contributed by atoms with Crippen molar-refractivity contribution in [1.82, 2.24) is 0 Å².